The quantitative estimate of drug-likeness (QED) is 0.425. The Bertz CT molecular complexity index is 1240. The van der Waals surface area contributed by atoms with E-state index < -0.39 is 15.9 Å². The zero-order chi connectivity index (χ0) is 24.9. The lowest BCUT2D eigenvalue weighted by atomic mass is 10.0. The van der Waals surface area contributed by atoms with Crippen molar-refractivity contribution in [1.82, 2.24) is 5.32 Å². The van der Waals surface area contributed by atoms with Gasteiger partial charge < -0.3 is 10.1 Å². The SMILES string of the molecule is CC[C@@H](NC(=O)CN(c1cc(Cl)ccc1C)S(=O)(=O)c1ccc(C)cc1)c1ccc(OC)cc1. The summed E-state index contributed by atoms with van der Waals surface area (Å²) in [4.78, 5) is 13.3. The van der Waals surface area contributed by atoms with Gasteiger partial charge in [-0.25, -0.2) is 8.42 Å². The van der Waals surface area contributed by atoms with Crippen molar-refractivity contribution < 1.29 is 17.9 Å². The Morgan fingerprint density at radius 2 is 1.68 bits per heavy atom. The number of aryl methyl sites for hydroxylation is 2. The Kier molecular flexibility index (Phi) is 8.23. The van der Waals surface area contributed by atoms with Gasteiger partial charge in [0.15, 0.2) is 0 Å². The molecule has 180 valence electrons. The molecule has 6 nitrogen and oxygen atoms in total. The monoisotopic (exact) mass is 500 g/mol. The average Bonchev–Trinajstić information content (AvgIpc) is 2.83. The predicted octanol–water partition coefficient (Wildman–Crippen LogP) is 5.43. The third-order valence-corrected chi connectivity index (χ3v) is 7.61. The van der Waals surface area contributed by atoms with E-state index in [1.165, 1.54) is 0 Å². The normalized spacial score (nSPS) is 12.1. The molecule has 3 aromatic rings. The highest BCUT2D eigenvalue weighted by Gasteiger charge is 2.29. The van der Waals surface area contributed by atoms with Crippen LogP contribution in [0.3, 0.4) is 0 Å². The molecule has 0 aliphatic heterocycles. The first-order chi connectivity index (χ1) is 16.1. The number of halogens is 1. The highest BCUT2D eigenvalue weighted by molar-refractivity contribution is 7.92. The van der Waals surface area contributed by atoms with Gasteiger partial charge in [0.1, 0.15) is 12.3 Å². The molecule has 0 bridgehead atoms. The summed E-state index contributed by atoms with van der Waals surface area (Å²) >= 11 is 6.19. The molecular weight excluding hydrogens is 472 g/mol. The number of nitrogens with one attached hydrogen (secondary N) is 1. The molecule has 34 heavy (non-hydrogen) atoms. The van der Waals surface area contributed by atoms with Gasteiger partial charge in [-0.3, -0.25) is 9.10 Å². The Labute approximate surface area is 206 Å². The summed E-state index contributed by atoms with van der Waals surface area (Å²) in [5.74, 6) is 0.300. The van der Waals surface area contributed by atoms with Gasteiger partial charge in [-0.2, -0.15) is 0 Å². The van der Waals surface area contributed by atoms with E-state index in [0.29, 0.717) is 22.7 Å². The van der Waals surface area contributed by atoms with Crippen molar-refractivity contribution in [3.63, 3.8) is 0 Å². The minimum Gasteiger partial charge on any atom is -0.497 e. The third-order valence-electron chi connectivity index (χ3n) is 5.60. The van der Waals surface area contributed by atoms with E-state index >= 15 is 0 Å². The molecule has 0 saturated carbocycles. The molecule has 0 aromatic heterocycles. The molecule has 0 aliphatic carbocycles. The van der Waals surface area contributed by atoms with E-state index in [4.69, 9.17) is 16.3 Å². The number of hydrogen-bond acceptors (Lipinski definition) is 4. The summed E-state index contributed by atoms with van der Waals surface area (Å²) < 4.78 is 33.6. The fourth-order valence-corrected chi connectivity index (χ4v) is 5.26. The van der Waals surface area contributed by atoms with Gasteiger partial charge in [-0.15, -0.1) is 0 Å². The van der Waals surface area contributed by atoms with Crippen LogP contribution in [0.5, 0.6) is 5.75 Å². The van der Waals surface area contributed by atoms with E-state index in [9.17, 15) is 13.2 Å². The van der Waals surface area contributed by atoms with Crippen molar-refractivity contribution >= 4 is 33.2 Å². The lowest BCUT2D eigenvalue weighted by Crippen LogP contribution is -2.42. The summed E-state index contributed by atoms with van der Waals surface area (Å²) in [6, 6.07) is 18.7. The predicted molar refractivity (Wildman–Crippen MR) is 136 cm³/mol. The molecule has 1 amide bonds. The van der Waals surface area contributed by atoms with Gasteiger partial charge in [0, 0.05) is 5.02 Å². The van der Waals surface area contributed by atoms with Crippen molar-refractivity contribution in [3.8, 4) is 5.75 Å². The Morgan fingerprint density at radius 3 is 2.26 bits per heavy atom. The lowest BCUT2D eigenvalue weighted by molar-refractivity contribution is -0.120. The first kappa shape index (κ1) is 25.6. The fourth-order valence-electron chi connectivity index (χ4n) is 3.62. The Morgan fingerprint density at radius 1 is 1.03 bits per heavy atom. The van der Waals surface area contributed by atoms with Gasteiger partial charge in [-0.1, -0.05) is 54.4 Å². The first-order valence-electron chi connectivity index (χ1n) is 10.9. The molecular formula is C26H29ClN2O4S. The summed E-state index contributed by atoms with van der Waals surface area (Å²) in [6.07, 6.45) is 0.638. The number of hydrogen-bond donors (Lipinski definition) is 1. The van der Waals surface area contributed by atoms with Crippen LogP contribution in [-0.2, 0) is 14.8 Å². The fraction of sp³-hybridized carbons (Fsp3) is 0.269. The van der Waals surface area contributed by atoms with Crippen LogP contribution in [0.25, 0.3) is 0 Å². The molecule has 0 spiro atoms. The number of carbonyl (C=O) groups excluding carboxylic acids is 1. The average molecular weight is 501 g/mol. The maximum Gasteiger partial charge on any atom is 0.264 e. The minimum absolute atomic E-state index is 0.104. The second kappa shape index (κ2) is 10.9. The largest absolute Gasteiger partial charge is 0.497 e. The van der Waals surface area contributed by atoms with Crippen LogP contribution in [0.1, 0.15) is 36.1 Å². The molecule has 0 heterocycles. The van der Waals surface area contributed by atoms with Crippen molar-refractivity contribution in [2.45, 2.75) is 38.1 Å². The van der Waals surface area contributed by atoms with Crippen LogP contribution in [0, 0.1) is 13.8 Å². The zero-order valence-electron chi connectivity index (χ0n) is 19.7. The van der Waals surface area contributed by atoms with E-state index in [2.05, 4.69) is 5.32 Å². The van der Waals surface area contributed by atoms with E-state index in [0.717, 1.165) is 21.2 Å². The topological polar surface area (TPSA) is 75.7 Å². The molecule has 0 radical (unpaired) electrons. The van der Waals surface area contributed by atoms with Gasteiger partial charge >= 0.3 is 0 Å². The van der Waals surface area contributed by atoms with Crippen molar-refractivity contribution in [3.05, 3.63) is 88.4 Å². The summed E-state index contributed by atoms with van der Waals surface area (Å²) in [7, 11) is -2.43. The van der Waals surface area contributed by atoms with E-state index in [1.807, 2.05) is 38.1 Å². The number of anilines is 1. The summed E-state index contributed by atoms with van der Waals surface area (Å²) in [6.45, 7) is 5.24. The number of nitrogens with zero attached hydrogens (tertiary/aromatic N) is 1. The first-order valence-corrected chi connectivity index (χ1v) is 12.8. The molecule has 3 rings (SSSR count). The van der Waals surface area contributed by atoms with E-state index in [1.54, 1.807) is 56.5 Å². The smallest absolute Gasteiger partial charge is 0.264 e. The second-order valence-corrected chi connectivity index (χ2v) is 10.4. The number of benzene rings is 3. The number of amides is 1. The zero-order valence-corrected chi connectivity index (χ0v) is 21.3. The summed E-state index contributed by atoms with van der Waals surface area (Å²) in [5.41, 5.74) is 2.90. The number of carbonyl (C=O) groups is 1. The molecule has 0 saturated heterocycles. The highest BCUT2D eigenvalue weighted by Crippen LogP contribution is 2.30. The summed E-state index contributed by atoms with van der Waals surface area (Å²) in [5, 5.41) is 3.35. The maximum atomic E-state index is 13.6. The number of methoxy groups -OCH3 is 1. The molecule has 3 aromatic carbocycles. The standard InChI is InChI=1S/C26H29ClN2O4S/c1-5-24(20-9-12-22(33-4)13-10-20)28-26(30)17-29(25-16-21(27)11-8-19(25)3)34(31,32)23-14-6-18(2)7-15-23/h6-16,24H,5,17H2,1-4H3,(H,28,30)/t24-/m1/s1. The molecule has 0 unspecified atom stereocenters. The van der Waals surface area contributed by atoms with Crippen LogP contribution < -0.4 is 14.4 Å². The van der Waals surface area contributed by atoms with Crippen molar-refractivity contribution in [2.75, 3.05) is 18.0 Å². The Balaban J connectivity index is 1.94. The van der Waals surface area contributed by atoms with Crippen LogP contribution >= 0.6 is 11.6 Å². The van der Waals surface area contributed by atoms with Gasteiger partial charge in [-0.05, 0) is 67.8 Å². The molecule has 8 heteroatoms. The van der Waals surface area contributed by atoms with Crippen molar-refractivity contribution in [2.24, 2.45) is 0 Å². The van der Waals surface area contributed by atoms with E-state index in [-0.39, 0.29) is 17.5 Å². The third kappa shape index (κ3) is 5.90. The number of ether oxygens (including phenoxy) is 1. The van der Waals surface area contributed by atoms with Gasteiger partial charge in [0.05, 0.1) is 23.7 Å². The second-order valence-electron chi connectivity index (χ2n) is 8.06. The van der Waals surface area contributed by atoms with Crippen LogP contribution in [0.15, 0.2) is 71.6 Å². The van der Waals surface area contributed by atoms with Crippen molar-refractivity contribution in [1.29, 1.82) is 0 Å². The lowest BCUT2D eigenvalue weighted by Gasteiger charge is -2.27. The molecule has 1 atom stereocenters. The highest BCUT2D eigenvalue weighted by atomic mass is 35.5. The van der Waals surface area contributed by atoms with Gasteiger partial charge in [0.25, 0.3) is 10.0 Å². The van der Waals surface area contributed by atoms with Crippen LogP contribution in [0.2, 0.25) is 5.02 Å². The molecule has 1 N–H and O–H groups in total. The maximum absolute atomic E-state index is 13.6. The minimum atomic E-state index is -4.02. The van der Waals surface area contributed by atoms with Gasteiger partial charge in [0.2, 0.25) is 5.91 Å². The molecule has 0 fully saturated rings. The number of rotatable bonds is 9. The Hall–Kier alpha value is -3.03. The number of sulfonamides is 1. The van der Waals surface area contributed by atoms with Crippen LogP contribution in [0.4, 0.5) is 5.69 Å². The molecule has 0 aliphatic rings. The van der Waals surface area contributed by atoms with Crippen LogP contribution in [-0.4, -0.2) is 28.0 Å².